The maximum atomic E-state index is 12.4. The quantitative estimate of drug-likeness (QED) is 0.697. The van der Waals surface area contributed by atoms with Gasteiger partial charge in [-0.1, -0.05) is 35.9 Å². The Morgan fingerprint density at radius 1 is 1.08 bits per heavy atom. The van der Waals surface area contributed by atoms with Crippen LogP contribution in [0.25, 0.3) is 5.69 Å². The van der Waals surface area contributed by atoms with Gasteiger partial charge in [-0.25, -0.2) is 4.68 Å². The molecule has 1 aromatic heterocycles. The molecular formula is C20H21ClN4O. The number of nitrogens with one attached hydrogen (secondary N) is 2. The summed E-state index contributed by atoms with van der Waals surface area (Å²) in [5.41, 5.74) is 5.14. The number of benzene rings is 2. The van der Waals surface area contributed by atoms with Crippen molar-refractivity contribution in [3.05, 3.63) is 70.5 Å². The summed E-state index contributed by atoms with van der Waals surface area (Å²) in [6, 6.07) is 15.4. The fourth-order valence-electron chi connectivity index (χ4n) is 2.80. The van der Waals surface area contributed by atoms with Crippen LogP contribution in [0, 0.1) is 20.8 Å². The number of hydrogen-bond acceptors (Lipinski definition) is 3. The lowest BCUT2D eigenvalue weighted by Gasteiger charge is -2.11. The molecule has 0 saturated heterocycles. The van der Waals surface area contributed by atoms with Gasteiger partial charge in [0.05, 0.1) is 29.3 Å². The van der Waals surface area contributed by atoms with Gasteiger partial charge in [0.15, 0.2) is 0 Å². The largest absolute Gasteiger partial charge is 0.376 e. The van der Waals surface area contributed by atoms with Crippen molar-refractivity contribution in [3.63, 3.8) is 0 Å². The van der Waals surface area contributed by atoms with E-state index in [2.05, 4.69) is 15.7 Å². The number of anilines is 2. The third-order valence-corrected chi connectivity index (χ3v) is 4.67. The SMILES string of the molecule is Cc1nn(-c2ccccc2)c(C)c1NC(=O)CNc1cccc(Cl)c1C. The summed E-state index contributed by atoms with van der Waals surface area (Å²) in [5, 5.41) is 11.3. The summed E-state index contributed by atoms with van der Waals surface area (Å²) in [5.74, 6) is -0.136. The van der Waals surface area contributed by atoms with Gasteiger partial charge in [0.25, 0.3) is 0 Å². The zero-order valence-corrected chi connectivity index (χ0v) is 15.8. The minimum Gasteiger partial charge on any atom is -0.376 e. The van der Waals surface area contributed by atoms with Crippen LogP contribution < -0.4 is 10.6 Å². The van der Waals surface area contributed by atoms with Gasteiger partial charge in [0, 0.05) is 10.7 Å². The molecule has 0 aliphatic heterocycles. The lowest BCUT2D eigenvalue weighted by atomic mass is 10.2. The van der Waals surface area contributed by atoms with E-state index in [1.807, 2.05) is 74.0 Å². The van der Waals surface area contributed by atoms with Gasteiger partial charge in [0.1, 0.15) is 0 Å². The van der Waals surface area contributed by atoms with Crippen molar-refractivity contribution in [1.82, 2.24) is 9.78 Å². The molecule has 3 aromatic rings. The minimum atomic E-state index is -0.136. The van der Waals surface area contributed by atoms with Crippen LogP contribution in [0.2, 0.25) is 5.02 Å². The standard InChI is InChI=1S/C20H21ClN4O/c1-13-17(21)10-7-11-18(13)22-12-19(26)23-20-14(2)24-25(15(20)3)16-8-5-4-6-9-16/h4-11,22H,12H2,1-3H3,(H,23,26). The number of halogens is 1. The lowest BCUT2D eigenvalue weighted by Crippen LogP contribution is -2.22. The number of carbonyl (C=O) groups excluding carboxylic acids is 1. The van der Waals surface area contributed by atoms with Crippen LogP contribution in [0.4, 0.5) is 11.4 Å². The minimum absolute atomic E-state index is 0.136. The van der Waals surface area contributed by atoms with Crippen molar-refractivity contribution in [2.75, 3.05) is 17.2 Å². The first kappa shape index (κ1) is 18.0. The van der Waals surface area contributed by atoms with Crippen molar-refractivity contribution in [2.24, 2.45) is 0 Å². The van der Waals surface area contributed by atoms with Gasteiger partial charge < -0.3 is 10.6 Å². The molecule has 0 saturated carbocycles. The van der Waals surface area contributed by atoms with E-state index in [1.165, 1.54) is 0 Å². The van der Waals surface area contributed by atoms with E-state index >= 15 is 0 Å². The van der Waals surface area contributed by atoms with Gasteiger partial charge in [-0.2, -0.15) is 5.10 Å². The molecule has 5 nitrogen and oxygen atoms in total. The molecule has 0 radical (unpaired) electrons. The summed E-state index contributed by atoms with van der Waals surface area (Å²) < 4.78 is 1.83. The molecule has 26 heavy (non-hydrogen) atoms. The average Bonchev–Trinajstić information content (AvgIpc) is 2.92. The van der Waals surface area contributed by atoms with Crippen LogP contribution >= 0.6 is 11.6 Å². The molecule has 134 valence electrons. The number of nitrogens with zero attached hydrogens (tertiary/aromatic N) is 2. The number of rotatable bonds is 5. The van der Waals surface area contributed by atoms with Gasteiger partial charge >= 0.3 is 0 Å². The molecule has 1 amide bonds. The zero-order valence-electron chi connectivity index (χ0n) is 15.0. The second-order valence-corrected chi connectivity index (χ2v) is 6.51. The van der Waals surface area contributed by atoms with Crippen molar-refractivity contribution in [1.29, 1.82) is 0 Å². The molecule has 2 N–H and O–H groups in total. The van der Waals surface area contributed by atoms with E-state index in [0.29, 0.717) is 5.02 Å². The molecule has 2 aromatic carbocycles. The summed E-state index contributed by atoms with van der Waals surface area (Å²) in [7, 11) is 0. The molecule has 0 unspecified atom stereocenters. The molecule has 3 rings (SSSR count). The monoisotopic (exact) mass is 368 g/mol. The first-order valence-electron chi connectivity index (χ1n) is 8.38. The third-order valence-electron chi connectivity index (χ3n) is 4.26. The normalized spacial score (nSPS) is 10.6. The van der Waals surface area contributed by atoms with E-state index in [-0.39, 0.29) is 12.5 Å². The van der Waals surface area contributed by atoms with E-state index in [1.54, 1.807) is 0 Å². The van der Waals surface area contributed by atoms with Crippen LogP contribution in [0.1, 0.15) is 17.0 Å². The summed E-state index contributed by atoms with van der Waals surface area (Å²) in [6.45, 7) is 5.89. The van der Waals surface area contributed by atoms with E-state index < -0.39 is 0 Å². The number of amides is 1. The molecule has 6 heteroatoms. The second-order valence-electron chi connectivity index (χ2n) is 6.11. The average molecular weight is 369 g/mol. The maximum Gasteiger partial charge on any atom is 0.243 e. The topological polar surface area (TPSA) is 59.0 Å². The molecule has 0 spiro atoms. The summed E-state index contributed by atoms with van der Waals surface area (Å²) >= 11 is 6.11. The van der Waals surface area contributed by atoms with Crippen LogP contribution in [0.5, 0.6) is 0 Å². The fraction of sp³-hybridized carbons (Fsp3) is 0.200. The molecule has 0 atom stereocenters. The molecule has 0 aliphatic rings. The van der Waals surface area contributed by atoms with Gasteiger partial charge in [-0.15, -0.1) is 0 Å². The maximum absolute atomic E-state index is 12.4. The van der Waals surface area contributed by atoms with Crippen LogP contribution in [0.3, 0.4) is 0 Å². The predicted octanol–water partition coefficient (Wildman–Crippen LogP) is 4.50. The van der Waals surface area contributed by atoms with Gasteiger partial charge in [0.2, 0.25) is 5.91 Å². The van der Waals surface area contributed by atoms with Crippen molar-refractivity contribution >= 4 is 28.9 Å². The van der Waals surface area contributed by atoms with Crippen LogP contribution in [-0.2, 0) is 4.79 Å². The highest BCUT2D eigenvalue weighted by Crippen LogP contribution is 2.24. The molecule has 0 bridgehead atoms. The van der Waals surface area contributed by atoms with E-state index in [0.717, 1.165) is 34.0 Å². The highest BCUT2D eigenvalue weighted by molar-refractivity contribution is 6.31. The van der Waals surface area contributed by atoms with E-state index in [4.69, 9.17) is 11.6 Å². The number of carbonyl (C=O) groups is 1. The third kappa shape index (κ3) is 3.73. The number of aromatic nitrogens is 2. The zero-order chi connectivity index (χ0) is 18.7. The Labute approximate surface area is 158 Å². The molecular weight excluding hydrogens is 348 g/mol. The molecule has 0 fully saturated rings. The van der Waals surface area contributed by atoms with E-state index in [9.17, 15) is 4.79 Å². The Bertz CT molecular complexity index is 934. The highest BCUT2D eigenvalue weighted by Gasteiger charge is 2.15. The Morgan fingerprint density at radius 2 is 1.81 bits per heavy atom. The molecule has 0 aliphatic carbocycles. The lowest BCUT2D eigenvalue weighted by molar-refractivity contribution is -0.114. The Kier molecular flexibility index (Phi) is 5.28. The highest BCUT2D eigenvalue weighted by atomic mass is 35.5. The van der Waals surface area contributed by atoms with Gasteiger partial charge in [-0.05, 0) is 50.6 Å². The number of aryl methyl sites for hydroxylation is 1. The second kappa shape index (κ2) is 7.62. The first-order chi connectivity index (χ1) is 12.5. The van der Waals surface area contributed by atoms with Crippen molar-refractivity contribution in [3.8, 4) is 5.69 Å². The van der Waals surface area contributed by atoms with Crippen LogP contribution in [0.15, 0.2) is 48.5 Å². The number of hydrogen-bond donors (Lipinski definition) is 2. The fourth-order valence-corrected chi connectivity index (χ4v) is 2.98. The number of para-hydroxylation sites is 1. The van der Waals surface area contributed by atoms with Crippen molar-refractivity contribution < 1.29 is 4.79 Å². The summed E-state index contributed by atoms with van der Waals surface area (Å²) in [4.78, 5) is 12.4. The molecule has 1 heterocycles. The smallest absolute Gasteiger partial charge is 0.243 e. The first-order valence-corrected chi connectivity index (χ1v) is 8.75. The van der Waals surface area contributed by atoms with Crippen molar-refractivity contribution in [2.45, 2.75) is 20.8 Å². The summed E-state index contributed by atoms with van der Waals surface area (Å²) in [6.07, 6.45) is 0. The Hall–Kier alpha value is -2.79. The Balaban J connectivity index is 1.72. The predicted molar refractivity (Wildman–Crippen MR) is 106 cm³/mol. The van der Waals surface area contributed by atoms with Gasteiger partial charge in [-0.3, -0.25) is 4.79 Å². The van der Waals surface area contributed by atoms with Crippen LogP contribution in [-0.4, -0.2) is 22.2 Å². The Morgan fingerprint density at radius 3 is 2.54 bits per heavy atom.